The molecular weight excluding hydrogens is 402 g/mol. The number of fused-ring (bicyclic) bond motifs is 1. The van der Waals surface area contributed by atoms with Crippen molar-refractivity contribution in [2.24, 2.45) is 5.41 Å². The number of aliphatic hydroxyl groups is 1. The lowest BCUT2D eigenvalue weighted by atomic mass is 9.95. The Labute approximate surface area is 179 Å². The van der Waals surface area contributed by atoms with Crippen molar-refractivity contribution in [3.8, 4) is 0 Å². The highest BCUT2D eigenvalue weighted by Gasteiger charge is 2.29. The zero-order valence-electron chi connectivity index (χ0n) is 17.6. The van der Waals surface area contributed by atoms with E-state index < -0.39 is 17.0 Å². The van der Waals surface area contributed by atoms with Gasteiger partial charge in [-0.1, -0.05) is 13.8 Å². The Morgan fingerprint density at radius 1 is 1.29 bits per heavy atom. The number of aromatic nitrogens is 2. The third-order valence-electron chi connectivity index (χ3n) is 5.81. The molecular formula is C23H26F2N4O2. The summed E-state index contributed by atoms with van der Waals surface area (Å²) in [7, 11) is 0. The monoisotopic (exact) mass is 428 g/mol. The van der Waals surface area contributed by atoms with Crippen LogP contribution in [0.3, 0.4) is 0 Å². The van der Waals surface area contributed by atoms with Crippen molar-refractivity contribution in [1.82, 2.24) is 14.9 Å². The lowest BCUT2D eigenvalue weighted by Crippen LogP contribution is -2.36. The molecule has 3 heterocycles. The minimum absolute atomic E-state index is 0.0425. The van der Waals surface area contributed by atoms with Crippen LogP contribution in [0.15, 0.2) is 42.7 Å². The van der Waals surface area contributed by atoms with Gasteiger partial charge in [-0.15, -0.1) is 0 Å². The van der Waals surface area contributed by atoms with Crippen LogP contribution in [0.2, 0.25) is 0 Å². The van der Waals surface area contributed by atoms with Crippen molar-refractivity contribution in [2.75, 3.05) is 24.6 Å². The molecule has 1 aliphatic rings. The number of pyridine rings is 1. The number of nitrogens with zero attached hydrogens (tertiary/aromatic N) is 3. The maximum atomic E-state index is 14.4. The van der Waals surface area contributed by atoms with E-state index in [1.165, 1.54) is 12.3 Å². The zero-order valence-corrected chi connectivity index (χ0v) is 17.6. The topological polar surface area (TPSA) is 69.9 Å². The standard InChI is InChI=1S/C23H26F2N4O2/c1-23(2,14-30)13-26-22(31)18-12-27-29-9-7-16(11-21(18)29)28-8-3-4-20(28)17-10-15(24)5-6-19(17)25/h5-7,9-12,20,30H,3-4,8,13-14H2,1-2H3,(H,26,31). The molecule has 31 heavy (non-hydrogen) atoms. The molecule has 1 aliphatic heterocycles. The first kappa shape index (κ1) is 21.2. The number of aliphatic hydroxyl groups excluding tert-OH is 1. The van der Waals surface area contributed by atoms with E-state index in [-0.39, 0.29) is 18.6 Å². The highest BCUT2D eigenvalue weighted by atomic mass is 19.1. The third-order valence-corrected chi connectivity index (χ3v) is 5.81. The molecule has 1 atom stereocenters. The molecule has 3 aromatic rings. The largest absolute Gasteiger partial charge is 0.396 e. The van der Waals surface area contributed by atoms with Crippen LogP contribution in [0, 0.1) is 17.0 Å². The van der Waals surface area contributed by atoms with Crippen LogP contribution in [0.5, 0.6) is 0 Å². The second-order valence-electron chi connectivity index (χ2n) is 8.80. The Kier molecular flexibility index (Phi) is 5.66. The summed E-state index contributed by atoms with van der Waals surface area (Å²) in [6, 6.07) is 7.00. The smallest absolute Gasteiger partial charge is 0.255 e. The summed E-state index contributed by atoms with van der Waals surface area (Å²) < 4.78 is 29.8. The van der Waals surface area contributed by atoms with Gasteiger partial charge >= 0.3 is 0 Å². The molecule has 0 aliphatic carbocycles. The molecule has 1 amide bonds. The van der Waals surface area contributed by atoms with Crippen LogP contribution in [0.25, 0.3) is 5.52 Å². The van der Waals surface area contributed by atoms with Crippen LogP contribution < -0.4 is 10.2 Å². The van der Waals surface area contributed by atoms with Crippen LogP contribution in [0.1, 0.15) is 48.7 Å². The number of nitrogens with one attached hydrogen (secondary N) is 1. The molecule has 4 rings (SSSR count). The Hall–Kier alpha value is -3.00. The predicted molar refractivity (Wildman–Crippen MR) is 114 cm³/mol. The van der Waals surface area contributed by atoms with E-state index in [0.717, 1.165) is 24.2 Å². The fourth-order valence-corrected chi connectivity index (χ4v) is 3.96. The Morgan fingerprint density at radius 2 is 2.10 bits per heavy atom. The number of carbonyl (C=O) groups is 1. The Morgan fingerprint density at radius 3 is 2.87 bits per heavy atom. The zero-order chi connectivity index (χ0) is 22.2. The first-order chi connectivity index (χ1) is 14.8. The van der Waals surface area contributed by atoms with Crippen molar-refractivity contribution < 1.29 is 18.7 Å². The highest BCUT2D eigenvalue weighted by Crippen LogP contribution is 2.38. The fraction of sp³-hybridized carbons (Fsp3) is 0.391. The van der Waals surface area contributed by atoms with E-state index in [1.54, 1.807) is 10.7 Å². The number of halogens is 2. The second kappa shape index (κ2) is 8.26. The number of rotatable bonds is 6. The van der Waals surface area contributed by atoms with E-state index in [0.29, 0.717) is 36.2 Å². The second-order valence-corrected chi connectivity index (χ2v) is 8.80. The molecule has 0 radical (unpaired) electrons. The van der Waals surface area contributed by atoms with Crippen molar-refractivity contribution in [3.05, 3.63) is 65.5 Å². The summed E-state index contributed by atoms with van der Waals surface area (Å²) in [6.07, 6.45) is 4.84. The highest BCUT2D eigenvalue weighted by molar-refractivity contribution is 6.01. The first-order valence-corrected chi connectivity index (χ1v) is 10.4. The van der Waals surface area contributed by atoms with E-state index in [2.05, 4.69) is 10.4 Å². The Bertz CT molecular complexity index is 1110. The van der Waals surface area contributed by atoms with Crippen LogP contribution >= 0.6 is 0 Å². The molecule has 1 unspecified atom stereocenters. The van der Waals surface area contributed by atoms with E-state index >= 15 is 0 Å². The lowest BCUT2D eigenvalue weighted by molar-refractivity contribution is 0.0912. The number of carbonyl (C=O) groups excluding carboxylic acids is 1. The number of hydrogen-bond acceptors (Lipinski definition) is 4. The molecule has 6 nitrogen and oxygen atoms in total. The molecule has 1 fully saturated rings. The first-order valence-electron chi connectivity index (χ1n) is 10.4. The van der Waals surface area contributed by atoms with Gasteiger partial charge in [0.25, 0.3) is 5.91 Å². The summed E-state index contributed by atoms with van der Waals surface area (Å²) in [6.45, 7) is 4.71. The van der Waals surface area contributed by atoms with E-state index in [9.17, 15) is 18.7 Å². The van der Waals surface area contributed by atoms with E-state index in [4.69, 9.17) is 0 Å². The summed E-state index contributed by atoms with van der Waals surface area (Å²) >= 11 is 0. The number of benzene rings is 1. The summed E-state index contributed by atoms with van der Waals surface area (Å²) in [5, 5.41) is 16.5. The minimum Gasteiger partial charge on any atom is -0.396 e. The van der Waals surface area contributed by atoms with Gasteiger partial charge in [0.1, 0.15) is 11.6 Å². The molecule has 0 saturated carbocycles. The molecule has 0 bridgehead atoms. The van der Waals surface area contributed by atoms with Crippen LogP contribution in [-0.2, 0) is 0 Å². The normalized spacial score (nSPS) is 16.8. The average Bonchev–Trinajstić information content (AvgIpc) is 3.40. The predicted octanol–water partition coefficient (Wildman–Crippen LogP) is 3.70. The van der Waals surface area contributed by atoms with Crippen molar-refractivity contribution in [3.63, 3.8) is 0 Å². The fourth-order valence-electron chi connectivity index (χ4n) is 3.96. The number of anilines is 1. The van der Waals surface area contributed by atoms with Gasteiger partial charge in [0, 0.05) is 42.6 Å². The molecule has 2 N–H and O–H groups in total. The van der Waals surface area contributed by atoms with Gasteiger partial charge in [0.05, 0.1) is 23.3 Å². The molecule has 164 valence electrons. The Balaban J connectivity index is 1.64. The minimum atomic E-state index is -0.459. The van der Waals surface area contributed by atoms with Gasteiger partial charge in [-0.2, -0.15) is 5.10 Å². The quantitative estimate of drug-likeness (QED) is 0.628. The summed E-state index contributed by atoms with van der Waals surface area (Å²) in [5.41, 5.74) is 1.78. The molecule has 1 saturated heterocycles. The molecule has 8 heteroatoms. The molecule has 2 aromatic heterocycles. The maximum Gasteiger partial charge on any atom is 0.255 e. The van der Waals surface area contributed by atoms with Gasteiger partial charge in [-0.25, -0.2) is 13.3 Å². The third kappa shape index (κ3) is 4.25. The summed E-state index contributed by atoms with van der Waals surface area (Å²) in [5.74, 6) is -1.16. The van der Waals surface area contributed by atoms with E-state index in [1.807, 2.05) is 30.9 Å². The lowest BCUT2D eigenvalue weighted by Gasteiger charge is -2.27. The van der Waals surface area contributed by atoms with Crippen LogP contribution in [-0.4, -0.2) is 40.3 Å². The molecule has 0 spiro atoms. The van der Waals surface area contributed by atoms with Crippen LogP contribution in [0.4, 0.5) is 14.5 Å². The van der Waals surface area contributed by atoms with Crippen molar-refractivity contribution >= 4 is 17.1 Å². The molecule has 1 aromatic carbocycles. The maximum absolute atomic E-state index is 14.4. The summed E-state index contributed by atoms with van der Waals surface area (Å²) in [4.78, 5) is 14.8. The number of amides is 1. The van der Waals surface area contributed by atoms with Crippen molar-refractivity contribution in [1.29, 1.82) is 0 Å². The van der Waals surface area contributed by atoms with Gasteiger partial charge in [0.15, 0.2) is 0 Å². The van der Waals surface area contributed by atoms with Gasteiger partial charge in [-0.05, 0) is 43.2 Å². The SMILES string of the molecule is CC(C)(CO)CNC(=O)c1cnn2ccc(N3CCCC3c3cc(F)ccc3F)cc12. The average molecular weight is 428 g/mol. The van der Waals surface area contributed by atoms with Crippen molar-refractivity contribution in [2.45, 2.75) is 32.7 Å². The van der Waals surface area contributed by atoms with Gasteiger partial charge in [-0.3, -0.25) is 4.79 Å². The number of hydrogen-bond donors (Lipinski definition) is 2. The van der Waals surface area contributed by atoms with Gasteiger partial charge < -0.3 is 15.3 Å². The van der Waals surface area contributed by atoms with Gasteiger partial charge in [0.2, 0.25) is 0 Å².